The smallest absolute Gasteiger partial charge is 0.280 e. The Kier molecular flexibility index (Phi) is 3.15. The average Bonchev–Trinajstić information content (AvgIpc) is 3.06. The first-order chi connectivity index (χ1) is 9.70. The summed E-state index contributed by atoms with van der Waals surface area (Å²) in [5, 5.41) is 3.79. The Morgan fingerprint density at radius 3 is 3.20 bits per heavy atom. The van der Waals surface area contributed by atoms with Gasteiger partial charge in [-0.3, -0.25) is 4.79 Å². The van der Waals surface area contributed by atoms with Gasteiger partial charge in [-0.2, -0.15) is 0 Å². The predicted molar refractivity (Wildman–Crippen MR) is 73.5 cm³/mol. The summed E-state index contributed by atoms with van der Waals surface area (Å²) in [5.41, 5.74) is 8.72. The lowest BCUT2D eigenvalue weighted by atomic mass is 10.1. The molecular weight excluding hydrogens is 258 g/mol. The lowest BCUT2D eigenvalue weighted by Crippen LogP contribution is -2.29. The van der Waals surface area contributed by atoms with Gasteiger partial charge in [0.25, 0.3) is 5.91 Å². The van der Waals surface area contributed by atoms with Gasteiger partial charge >= 0.3 is 0 Å². The number of rotatable bonds is 3. The number of benzene rings is 1. The van der Waals surface area contributed by atoms with Crippen molar-refractivity contribution >= 4 is 17.3 Å². The molecule has 1 aliphatic rings. The molecule has 1 aromatic heterocycles. The molecule has 6 nitrogen and oxygen atoms in total. The van der Waals surface area contributed by atoms with Crippen LogP contribution in [0.5, 0.6) is 0 Å². The lowest BCUT2D eigenvalue weighted by molar-refractivity contribution is 0.0980. The predicted octanol–water partition coefficient (Wildman–Crippen LogP) is 1.61. The Bertz CT molecular complexity index is 651. The molecule has 0 radical (unpaired) electrons. The number of amides is 1. The summed E-state index contributed by atoms with van der Waals surface area (Å²) in [5.74, 6) is 0.323. The molecule has 0 saturated heterocycles. The third kappa shape index (κ3) is 2.04. The highest BCUT2D eigenvalue weighted by Crippen LogP contribution is 2.34. The number of methoxy groups -OCH3 is 1. The summed E-state index contributed by atoms with van der Waals surface area (Å²) in [4.78, 5) is 14.1. The van der Waals surface area contributed by atoms with Crippen LogP contribution in [0.4, 0.5) is 11.4 Å². The van der Waals surface area contributed by atoms with E-state index < -0.39 is 0 Å². The van der Waals surface area contributed by atoms with E-state index in [-0.39, 0.29) is 11.6 Å². The molecule has 1 amide bonds. The lowest BCUT2D eigenvalue weighted by Gasteiger charge is -2.17. The van der Waals surface area contributed by atoms with Crippen molar-refractivity contribution in [3.8, 4) is 0 Å². The van der Waals surface area contributed by atoms with Gasteiger partial charge in [-0.25, -0.2) is 0 Å². The van der Waals surface area contributed by atoms with Crippen molar-refractivity contribution in [2.75, 3.05) is 24.3 Å². The maximum absolute atomic E-state index is 12.5. The summed E-state index contributed by atoms with van der Waals surface area (Å²) in [6.45, 7) is 0.897. The number of carbonyl (C=O) groups is 1. The molecule has 2 aromatic rings. The van der Waals surface area contributed by atoms with Crippen molar-refractivity contribution in [2.24, 2.45) is 0 Å². The molecule has 2 heterocycles. The van der Waals surface area contributed by atoms with E-state index in [0.29, 0.717) is 24.6 Å². The molecule has 104 valence electrons. The van der Waals surface area contributed by atoms with Crippen LogP contribution in [0.15, 0.2) is 28.8 Å². The van der Waals surface area contributed by atoms with Gasteiger partial charge in [-0.05, 0) is 18.1 Å². The number of hydrogen-bond acceptors (Lipinski definition) is 5. The number of nitrogens with two attached hydrogens (primary N) is 1. The Hall–Kier alpha value is -2.34. The van der Waals surface area contributed by atoms with Crippen molar-refractivity contribution in [3.63, 3.8) is 0 Å². The Morgan fingerprint density at radius 1 is 1.55 bits per heavy atom. The van der Waals surface area contributed by atoms with Gasteiger partial charge in [0.15, 0.2) is 11.5 Å². The Balaban J connectivity index is 1.89. The highest BCUT2D eigenvalue weighted by atomic mass is 16.5. The third-order valence-electron chi connectivity index (χ3n) is 3.34. The molecule has 20 heavy (non-hydrogen) atoms. The number of nitrogens with zero attached hydrogens (tertiary/aromatic N) is 2. The standard InChI is InChI=1S/C14H15N3O3/c1-19-8-10-7-12(16-20-10)14(18)17-6-5-9-3-2-4-11(15)13(9)17/h2-4,7H,5-6,8,15H2,1H3. The number of fused-ring (bicyclic) bond motifs is 1. The zero-order chi connectivity index (χ0) is 14.1. The number of hydrogen-bond donors (Lipinski definition) is 1. The van der Waals surface area contributed by atoms with Crippen LogP contribution >= 0.6 is 0 Å². The SMILES string of the molecule is COCc1cc(C(=O)N2CCc3cccc(N)c32)no1. The molecule has 2 N–H and O–H groups in total. The van der Waals surface area contributed by atoms with Crippen LogP contribution in [0, 0.1) is 0 Å². The monoisotopic (exact) mass is 273 g/mol. The largest absolute Gasteiger partial charge is 0.397 e. The number of nitrogen functional groups attached to an aromatic ring is 1. The molecule has 0 atom stereocenters. The Labute approximate surface area is 116 Å². The van der Waals surface area contributed by atoms with E-state index in [4.69, 9.17) is 15.0 Å². The molecule has 1 aromatic carbocycles. The first kappa shape index (κ1) is 12.7. The summed E-state index contributed by atoms with van der Waals surface area (Å²) in [6.07, 6.45) is 0.800. The number of anilines is 2. The second-order valence-electron chi connectivity index (χ2n) is 4.67. The molecule has 0 unspecified atom stereocenters. The van der Waals surface area contributed by atoms with Crippen molar-refractivity contribution in [1.82, 2.24) is 5.16 Å². The number of para-hydroxylation sites is 1. The molecule has 0 bridgehead atoms. The molecule has 3 rings (SSSR count). The van der Waals surface area contributed by atoms with Crippen LogP contribution in [-0.4, -0.2) is 24.7 Å². The second kappa shape index (κ2) is 4.97. The quantitative estimate of drug-likeness (QED) is 0.859. The minimum atomic E-state index is -0.201. The van der Waals surface area contributed by atoms with Crippen LogP contribution in [0.1, 0.15) is 21.8 Å². The third-order valence-corrected chi connectivity index (χ3v) is 3.34. The van der Waals surface area contributed by atoms with E-state index in [1.807, 2.05) is 12.1 Å². The highest BCUT2D eigenvalue weighted by molar-refractivity contribution is 6.07. The fourth-order valence-corrected chi connectivity index (χ4v) is 2.45. The van der Waals surface area contributed by atoms with Crippen LogP contribution < -0.4 is 10.6 Å². The first-order valence-electron chi connectivity index (χ1n) is 6.34. The zero-order valence-electron chi connectivity index (χ0n) is 11.1. The minimum Gasteiger partial charge on any atom is -0.397 e. The molecular formula is C14H15N3O3. The van der Waals surface area contributed by atoms with E-state index >= 15 is 0 Å². The number of aromatic nitrogens is 1. The van der Waals surface area contributed by atoms with E-state index in [9.17, 15) is 4.79 Å². The fourth-order valence-electron chi connectivity index (χ4n) is 2.45. The molecule has 0 fully saturated rings. The summed E-state index contributed by atoms with van der Waals surface area (Å²) >= 11 is 0. The molecule has 0 saturated carbocycles. The van der Waals surface area contributed by atoms with Crippen LogP contribution in [0.2, 0.25) is 0 Å². The minimum absolute atomic E-state index is 0.201. The van der Waals surface area contributed by atoms with E-state index in [0.717, 1.165) is 17.7 Å². The second-order valence-corrected chi connectivity index (χ2v) is 4.67. The van der Waals surface area contributed by atoms with E-state index in [2.05, 4.69) is 5.16 Å². The normalized spacial score (nSPS) is 13.6. The first-order valence-corrected chi connectivity index (χ1v) is 6.34. The molecule has 6 heteroatoms. The van der Waals surface area contributed by atoms with E-state index in [1.165, 1.54) is 0 Å². The van der Waals surface area contributed by atoms with Crippen molar-refractivity contribution in [1.29, 1.82) is 0 Å². The number of ether oxygens (including phenoxy) is 1. The fraction of sp³-hybridized carbons (Fsp3) is 0.286. The highest BCUT2D eigenvalue weighted by Gasteiger charge is 2.29. The average molecular weight is 273 g/mol. The van der Waals surface area contributed by atoms with Crippen molar-refractivity contribution in [2.45, 2.75) is 13.0 Å². The van der Waals surface area contributed by atoms with Gasteiger partial charge in [0, 0.05) is 19.7 Å². The summed E-state index contributed by atoms with van der Waals surface area (Å²) in [6, 6.07) is 7.28. The molecule has 0 aliphatic carbocycles. The van der Waals surface area contributed by atoms with Gasteiger partial charge in [-0.1, -0.05) is 17.3 Å². The van der Waals surface area contributed by atoms with Gasteiger partial charge in [0.05, 0.1) is 11.4 Å². The van der Waals surface area contributed by atoms with Gasteiger partial charge in [0.1, 0.15) is 6.61 Å². The van der Waals surface area contributed by atoms with E-state index in [1.54, 1.807) is 24.1 Å². The van der Waals surface area contributed by atoms with Crippen molar-refractivity contribution < 1.29 is 14.1 Å². The van der Waals surface area contributed by atoms with Crippen LogP contribution in [0.25, 0.3) is 0 Å². The summed E-state index contributed by atoms with van der Waals surface area (Å²) < 4.78 is 9.99. The van der Waals surface area contributed by atoms with Gasteiger partial charge in [-0.15, -0.1) is 0 Å². The zero-order valence-corrected chi connectivity index (χ0v) is 11.1. The van der Waals surface area contributed by atoms with Crippen molar-refractivity contribution in [3.05, 3.63) is 41.3 Å². The summed E-state index contributed by atoms with van der Waals surface area (Å²) in [7, 11) is 1.56. The Morgan fingerprint density at radius 2 is 2.40 bits per heavy atom. The maximum atomic E-state index is 12.5. The molecule has 1 aliphatic heterocycles. The number of carbonyl (C=O) groups excluding carboxylic acids is 1. The van der Waals surface area contributed by atoms with Crippen LogP contribution in [0.3, 0.4) is 0 Å². The molecule has 0 spiro atoms. The maximum Gasteiger partial charge on any atom is 0.280 e. The van der Waals surface area contributed by atoms with Crippen LogP contribution in [-0.2, 0) is 17.8 Å². The van der Waals surface area contributed by atoms with Gasteiger partial charge in [0.2, 0.25) is 0 Å². The topological polar surface area (TPSA) is 81.6 Å². The van der Waals surface area contributed by atoms with Gasteiger partial charge < -0.3 is 19.9 Å².